The van der Waals surface area contributed by atoms with E-state index in [2.05, 4.69) is 26.5 Å². The normalized spacial score (nSPS) is 14.9. The van der Waals surface area contributed by atoms with Crippen LogP contribution in [0.3, 0.4) is 0 Å². The van der Waals surface area contributed by atoms with E-state index >= 15 is 0 Å². The molecule has 0 saturated carbocycles. The molecule has 0 radical (unpaired) electrons. The summed E-state index contributed by atoms with van der Waals surface area (Å²) < 4.78 is 16.8. The molecular weight excluding hydrogens is 327 g/mol. The second kappa shape index (κ2) is 4.34. The van der Waals surface area contributed by atoms with Gasteiger partial charge in [-0.3, -0.25) is 0 Å². The van der Waals surface area contributed by atoms with E-state index in [1.54, 1.807) is 12.3 Å². The summed E-state index contributed by atoms with van der Waals surface area (Å²) in [6.45, 7) is 0. The van der Waals surface area contributed by atoms with Gasteiger partial charge in [0.15, 0.2) is 0 Å². The van der Waals surface area contributed by atoms with Crippen LogP contribution in [0.5, 0.6) is 0 Å². The summed E-state index contributed by atoms with van der Waals surface area (Å²) in [5, 5.41) is 9.63. The Hall–Kier alpha value is -1.02. The summed E-state index contributed by atoms with van der Waals surface area (Å²) >= 11 is -1.28. The second-order valence-electron chi connectivity index (χ2n) is 4.19. The summed E-state index contributed by atoms with van der Waals surface area (Å²) in [7, 11) is 0. The topological polar surface area (TPSA) is 40.7 Å². The second-order valence-corrected chi connectivity index (χ2v) is 10.8. The summed E-state index contributed by atoms with van der Waals surface area (Å²) in [6.07, 6.45) is 2.56. The first-order valence-corrected chi connectivity index (χ1v) is 11.2. The number of benzene rings is 1. The first-order chi connectivity index (χ1) is 8.25. The van der Waals surface area contributed by atoms with Crippen LogP contribution in [-0.2, 0) is 6.42 Å². The van der Waals surface area contributed by atoms with Crippen molar-refractivity contribution in [3.63, 3.8) is 0 Å². The third-order valence-electron chi connectivity index (χ3n) is 3.10. The molecule has 1 aromatic carbocycles. The Kier molecular flexibility index (Phi) is 2.83. The number of nitrogens with one attached hydrogen (secondary N) is 2. The van der Waals surface area contributed by atoms with Gasteiger partial charge in [-0.1, -0.05) is 0 Å². The number of halogens is 1. The van der Waals surface area contributed by atoms with Crippen LogP contribution in [0.25, 0.3) is 0 Å². The predicted octanol–water partition coefficient (Wildman–Crippen LogP) is 2.18. The van der Waals surface area contributed by atoms with Crippen LogP contribution in [-0.4, -0.2) is 30.4 Å². The van der Waals surface area contributed by atoms with E-state index in [-0.39, 0.29) is 5.82 Å². The van der Waals surface area contributed by atoms with Crippen LogP contribution >= 0.6 is 0 Å². The molecule has 88 valence electrons. The van der Waals surface area contributed by atoms with Gasteiger partial charge in [0.1, 0.15) is 0 Å². The molecule has 3 rings (SSSR count). The first kappa shape index (κ1) is 11.1. The molecule has 2 heterocycles. The van der Waals surface area contributed by atoms with Crippen LogP contribution in [0, 0.1) is 5.82 Å². The molecule has 0 atom stereocenters. The molecule has 5 heteroatoms. The third-order valence-corrected chi connectivity index (χ3v) is 9.19. The molecular formula is C12H13FN3Sb. The minimum absolute atomic E-state index is 0.0778. The van der Waals surface area contributed by atoms with Crippen LogP contribution in [0.2, 0.25) is 9.24 Å². The molecule has 0 unspecified atom stereocenters. The van der Waals surface area contributed by atoms with Crippen molar-refractivity contribution in [2.75, 3.05) is 5.32 Å². The van der Waals surface area contributed by atoms with Crippen molar-refractivity contribution in [3.05, 3.63) is 35.8 Å². The van der Waals surface area contributed by atoms with Gasteiger partial charge in [0, 0.05) is 0 Å². The molecule has 1 aliphatic heterocycles. The van der Waals surface area contributed by atoms with Gasteiger partial charge in [-0.15, -0.1) is 0 Å². The van der Waals surface area contributed by atoms with E-state index in [0.717, 1.165) is 17.8 Å². The number of aromatic amines is 1. The number of aromatic nitrogens is 2. The monoisotopic (exact) mass is 339 g/mol. The number of nitrogens with zero attached hydrogens (tertiary/aromatic N) is 1. The Morgan fingerprint density at radius 2 is 2.29 bits per heavy atom. The zero-order valence-corrected chi connectivity index (χ0v) is 12.0. The number of anilines is 2. The van der Waals surface area contributed by atoms with Crippen LogP contribution in [0.15, 0.2) is 24.4 Å². The van der Waals surface area contributed by atoms with Crippen LogP contribution in [0.1, 0.15) is 5.56 Å². The molecule has 0 bridgehead atoms. The van der Waals surface area contributed by atoms with Crippen molar-refractivity contribution in [3.8, 4) is 0 Å². The SMILES string of the molecule is [CH3][Sb]1[CH2]Cc2[c]1ccc(Nc1ccn[nH]1)c2F. The number of hydrogen-bond donors (Lipinski definition) is 2. The van der Waals surface area contributed by atoms with Crippen molar-refractivity contribution in [1.29, 1.82) is 0 Å². The zero-order chi connectivity index (χ0) is 11.8. The van der Waals surface area contributed by atoms with E-state index in [9.17, 15) is 4.39 Å². The quantitative estimate of drug-likeness (QED) is 0.823. The molecule has 0 saturated heterocycles. The van der Waals surface area contributed by atoms with Crippen LogP contribution < -0.4 is 8.83 Å². The van der Waals surface area contributed by atoms with Crippen molar-refractivity contribution < 1.29 is 4.39 Å². The standard InChI is InChI=1S/C11H10FN3.CH3.Sb/c1-2-8-4-3-5-9(11(8)12)14-10-6-7-13-15-10;;/h3,5-7H,1-2H2,(H2,13,14,15);1H3;. The van der Waals surface area contributed by atoms with E-state index in [1.165, 1.54) is 7.88 Å². The molecule has 0 fully saturated rings. The van der Waals surface area contributed by atoms with Gasteiger partial charge in [-0.05, 0) is 0 Å². The third kappa shape index (κ3) is 1.95. The molecule has 0 spiro atoms. The van der Waals surface area contributed by atoms with Gasteiger partial charge in [0.05, 0.1) is 0 Å². The Morgan fingerprint density at radius 1 is 1.41 bits per heavy atom. The predicted molar refractivity (Wildman–Crippen MR) is 68.0 cm³/mol. The van der Waals surface area contributed by atoms with Crippen molar-refractivity contribution in [2.24, 2.45) is 0 Å². The Balaban J connectivity index is 1.97. The zero-order valence-electron chi connectivity index (χ0n) is 9.50. The maximum atomic E-state index is 14.3. The summed E-state index contributed by atoms with van der Waals surface area (Å²) in [5.41, 5.74) is 1.49. The van der Waals surface area contributed by atoms with Gasteiger partial charge < -0.3 is 0 Å². The van der Waals surface area contributed by atoms with Gasteiger partial charge in [0.25, 0.3) is 0 Å². The van der Waals surface area contributed by atoms with Crippen molar-refractivity contribution in [2.45, 2.75) is 15.7 Å². The van der Waals surface area contributed by atoms with Crippen molar-refractivity contribution >= 4 is 35.2 Å². The van der Waals surface area contributed by atoms with Crippen LogP contribution in [0.4, 0.5) is 15.9 Å². The van der Waals surface area contributed by atoms with E-state index in [0.29, 0.717) is 5.69 Å². The Bertz CT molecular complexity index is 539. The summed E-state index contributed by atoms with van der Waals surface area (Å²) in [6, 6.07) is 5.74. The number of hydrogen-bond acceptors (Lipinski definition) is 2. The van der Waals surface area contributed by atoms with Gasteiger partial charge in [-0.2, -0.15) is 0 Å². The van der Waals surface area contributed by atoms with Gasteiger partial charge in [-0.25, -0.2) is 0 Å². The Morgan fingerprint density at radius 3 is 3.06 bits per heavy atom. The molecule has 1 aromatic heterocycles. The fraction of sp³-hybridized carbons (Fsp3) is 0.250. The molecule has 2 N–H and O–H groups in total. The Labute approximate surface area is 106 Å². The molecule has 0 amide bonds. The van der Waals surface area contributed by atoms with E-state index in [4.69, 9.17) is 0 Å². The average Bonchev–Trinajstić information content (AvgIpc) is 2.93. The fourth-order valence-electron chi connectivity index (χ4n) is 2.17. The summed E-state index contributed by atoms with van der Waals surface area (Å²) in [5.74, 6) is 0.641. The maximum absolute atomic E-state index is 14.3. The molecule has 2 aromatic rings. The van der Waals surface area contributed by atoms with Gasteiger partial charge >= 0.3 is 107 Å². The van der Waals surface area contributed by atoms with E-state index in [1.807, 2.05) is 6.07 Å². The average molecular weight is 340 g/mol. The molecule has 17 heavy (non-hydrogen) atoms. The molecule has 1 aliphatic rings. The summed E-state index contributed by atoms with van der Waals surface area (Å²) in [4.78, 5) is 2.33. The fourth-order valence-corrected chi connectivity index (χ4v) is 7.31. The minimum atomic E-state index is -1.28. The van der Waals surface area contributed by atoms with Crippen molar-refractivity contribution in [1.82, 2.24) is 10.2 Å². The number of H-pyrrole nitrogens is 1. The van der Waals surface area contributed by atoms with E-state index < -0.39 is 20.2 Å². The molecule has 0 aliphatic carbocycles. The number of fused-ring (bicyclic) bond motifs is 1. The first-order valence-electron chi connectivity index (χ1n) is 5.54. The number of rotatable bonds is 2. The van der Waals surface area contributed by atoms with Gasteiger partial charge in [0.2, 0.25) is 0 Å². The molecule has 3 nitrogen and oxygen atoms in total.